The highest BCUT2D eigenvalue weighted by atomic mass is 16.6. The van der Waals surface area contributed by atoms with E-state index < -0.39 is 10.9 Å². The van der Waals surface area contributed by atoms with Crippen molar-refractivity contribution < 1.29 is 19.2 Å². The number of hydrogen-bond donors (Lipinski definition) is 0. The summed E-state index contributed by atoms with van der Waals surface area (Å²) in [6.45, 7) is 2.40. The standard InChI is InChI=1S/C20H20N2O5/c1-4-14-18(20(23)27-3)17-15(10-11-16(26-2)19(17)22(24)25)21(14)12-13-8-6-5-7-9-13/h5-11H,4,12H2,1-3H3. The number of carbonyl (C=O) groups excluding carboxylic acids is 1. The highest BCUT2D eigenvalue weighted by Gasteiger charge is 2.31. The van der Waals surface area contributed by atoms with Gasteiger partial charge < -0.3 is 14.0 Å². The smallest absolute Gasteiger partial charge is 0.340 e. The number of ether oxygens (including phenoxy) is 2. The fourth-order valence-corrected chi connectivity index (χ4v) is 3.44. The molecular weight excluding hydrogens is 348 g/mol. The molecule has 0 saturated carbocycles. The molecule has 0 aliphatic heterocycles. The third kappa shape index (κ3) is 3.12. The first-order valence-corrected chi connectivity index (χ1v) is 8.52. The van der Waals surface area contributed by atoms with Gasteiger partial charge in [-0.1, -0.05) is 37.3 Å². The fraction of sp³-hybridized carbons (Fsp3) is 0.250. The molecule has 0 radical (unpaired) electrons. The van der Waals surface area contributed by atoms with Crippen LogP contribution in [0.1, 0.15) is 28.5 Å². The van der Waals surface area contributed by atoms with Crippen LogP contribution < -0.4 is 4.74 Å². The summed E-state index contributed by atoms with van der Waals surface area (Å²) in [6.07, 6.45) is 0.519. The lowest BCUT2D eigenvalue weighted by Gasteiger charge is -2.11. The Kier molecular flexibility index (Phi) is 5.12. The van der Waals surface area contributed by atoms with Crippen molar-refractivity contribution in [3.63, 3.8) is 0 Å². The number of hydrogen-bond acceptors (Lipinski definition) is 5. The van der Waals surface area contributed by atoms with Crippen LogP contribution in [0, 0.1) is 10.1 Å². The summed E-state index contributed by atoms with van der Waals surface area (Å²) in [4.78, 5) is 23.8. The van der Waals surface area contributed by atoms with Crippen molar-refractivity contribution in [3.05, 3.63) is 69.4 Å². The molecule has 2 aromatic carbocycles. The molecule has 0 aliphatic rings. The first kappa shape index (κ1) is 18.4. The van der Waals surface area contributed by atoms with Crippen LogP contribution in [0.25, 0.3) is 10.9 Å². The Labute approximate surface area is 156 Å². The third-order valence-corrected chi connectivity index (χ3v) is 4.58. The second-order valence-electron chi connectivity index (χ2n) is 6.01. The highest BCUT2D eigenvalue weighted by molar-refractivity contribution is 6.10. The normalized spacial score (nSPS) is 10.8. The maximum atomic E-state index is 12.5. The molecule has 0 N–H and O–H groups in total. The van der Waals surface area contributed by atoms with Gasteiger partial charge in [0.2, 0.25) is 0 Å². The summed E-state index contributed by atoms with van der Waals surface area (Å²) < 4.78 is 12.1. The van der Waals surface area contributed by atoms with Gasteiger partial charge in [-0.25, -0.2) is 4.79 Å². The monoisotopic (exact) mass is 368 g/mol. The van der Waals surface area contributed by atoms with Crippen molar-refractivity contribution >= 4 is 22.6 Å². The minimum absolute atomic E-state index is 0.108. The first-order valence-electron chi connectivity index (χ1n) is 8.52. The van der Waals surface area contributed by atoms with Crippen LogP contribution in [0.4, 0.5) is 5.69 Å². The zero-order valence-electron chi connectivity index (χ0n) is 15.4. The summed E-state index contributed by atoms with van der Waals surface area (Å²) in [5.74, 6) is -0.489. The number of nitro groups is 1. The third-order valence-electron chi connectivity index (χ3n) is 4.58. The average molecular weight is 368 g/mol. The summed E-state index contributed by atoms with van der Waals surface area (Å²) >= 11 is 0. The molecule has 3 rings (SSSR count). The van der Waals surface area contributed by atoms with E-state index in [2.05, 4.69) is 0 Å². The number of aromatic nitrogens is 1. The van der Waals surface area contributed by atoms with Crippen LogP contribution in [-0.2, 0) is 17.7 Å². The van der Waals surface area contributed by atoms with E-state index in [1.165, 1.54) is 14.2 Å². The zero-order valence-corrected chi connectivity index (χ0v) is 15.4. The molecule has 0 unspecified atom stereocenters. The van der Waals surface area contributed by atoms with E-state index in [1.54, 1.807) is 12.1 Å². The van der Waals surface area contributed by atoms with Gasteiger partial charge in [0.05, 0.1) is 35.6 Å². The van der Waals surface area contributed by atoms with Crippen LogP contribution in [0.3, 0.4) is 0 Å². The fourth-order valence-electron chi connectivity index (χ4n) is 3.44. The van der Waals surface area contributed by atoms with Crippen LogP contribution >= 0.6 is 0 Å². The molecular formula is C20H20N2O5. The van der Waals surface area contributed by atoms with E-state index in [0.717, 1.165) is 5.56 Å². The largest absolute Gasteiger partial charge is 0.490 e. The van der Waals surface area contributed by atoms with E-state index in [4.69, 9.17) is 9.47 Å². The van der Waals surface area contributed by atoms with Gasteiger partial charge in [-0.3, -0.25) is 10.1 Å². The lowest BCUT2D eigenvalue weighted by molar-refractivity contribution is -0.384. The van der Waals surface area contributed by atoms with E-state index >= 15 is 0 Å². The number of benzene rings is 2. The number of fused-ring (bicyclic) bond motifs is 1. The Morgan fingerprint density at radius 1 is 1.15 bits per heavy atom. The van der Waals surface area contributed by atoms with Gasteiger partial charge in [-0.2, -0.15) is 0 Å². The molecule has 1 aromatic heterocycles. The summed E-state index contributed by atoms with van der Waals surface area (Å²) in [5.41, 5.74) is 2.31. The molecule has 0 spiro atoms. The maximum absolute atomic E-state index is 12.5. The zero-order chi connectivity index (χ0) is 19.6. The number of methoxy groups -OCH3 is 2. The summed E-state index contributed by atoms with van der Waals surface area (Å²) in [7, 11) is 2.64. The molecule has 7 heteroatoms. The highest BCUT2D eigenvalue weighted by Crippen LogP contribution is 2.40. The van der Waals surface area contributed by atoms with Crippen molar-refractivity contribution in [1.82, 2.24) is 4.57 Å². The van der Waals surface area contributed by atoms with Crippen molar-refractivity contribution in [2.24, 2.45) is 0 Å². The minimum Gasteiger partial charge on any atom is -0.490 e. The van der Waals surface area contributed by atoms with Crippen LogP contribution in [0.15, 0.2) is 42.5 Å². The SMILES string of the molecule is CCc1c(C(=O)OC)c2c([N+](=O)[O-])c(OC)ccc2n1Cc1ccccc1. The van der Waals surface area contributed by atoms with E-state index in [0.29, 0.717) is 24.2 Å². The average Bonchev–Trinajstić information content (AvgIpc) is 3.00. The molecule has 0 amide bonds. The van der Waals surface area contributed by atoms with Gasteiger partial charge in [-0.15, -0.1) is 0 Å². The van der Waals surface area contributed by atoms with Crippen LogP contribution in [0.5, 0.6) is 5.75 Å². The molecule has 7 nitrogen and oxygen atoms in total. The van der Waals surface area contributed by atoms with Crippen LogP contribution in [-0.4, -0.2) is 29.7 Å². The van der Waals surface area contributed by atoms with Crippen LogP contribution in [0.2, 0.25) is 0 Å². The molecule has 0 fully saturated rings. The number of nitrogens with zero attached hydrogens (tertiary/aromatic N) is 2. The number of carbonyl (C=O) groups is 1. The summed E-state index contributed by atoms with van der Waals surface area (Å²) in [6, 6.07) is 13.0. The van der Waals surface area contributed by atoms with Crippen molar-refractivity contribution in [2.45, 2.75) is 19.9 Å². The lowest BCUT2D eigenvalue weighted by atomic mass is 10.1. The Bertz CT molecular complexity index is 1010. The molecule has 0 bridgehead atoms. The Hall–Kier alpha value is -3.35. The topological polar surface area (TPSA) is 83.6 Å². The minimum atomic E-state index is -0.597. The molecule has 1 heterocycles. The lowest BCUT2D eigenvalue weighted by Crippen LogP contribution is -2.09. The molecule has 140 valence electrons. The van der Waals surface area contributed by atoms with Gasteiger partial charge in [0.15, 0.2) is 5.75 Å². The van der Waals surface area contributed by atoms with Crippen molar-refractivity contribution in [2.75, 3.05) is 14.2 Å². The van der Waals surface area contributed by atoms with E-state index in [9.17, 15) is 14.9 Å². The Morgan fingerprint density at radius 2 is 1.85 bits per heavy atom. The quantitative estimate of drug-likeness (QED) is 0.374. The van der Waals surface area contributed by atoms with Crippen molar-refractivity contribution in [3.8, 4) is 5.75 Å². The van der Waals surface area contributed by atoms with Gasteiger partial charge in [0.1, 0.15) is 0 Å². The van der Waals surface area contributed by atoms with Gasteiger partial charge in [0, 0.05) is 12.2 Å². The van der Waals surface area contributed by atoms with Gasteiger partial charge in [0.25, 0.3) is 0 Å². The van der Waals surface area contributed by atoms with E-state index in [-0.39, 0.29) is 22.4 Å². The number of esters is 1. The molecule has 0 aliphatic carbocycles. The van der Waals surface area contributed by atoms with Crippen molar-refractivity contribution in [1.29, 1.82) is 0 Å². The molecule has 27 heavy (non-hydrogen) atoms. The summed E-state index contributed by atoms with van der Waals surface area (Å²) in [5, 5.41) is 12.0. The predicted octanol–water partition coefficient (Wildman–Crippen LogP) is 3.96. The predicted molar refractivity (Wildman–Crippen MR) is 101 cm³/mol. The molecule has 0 atom stereocenters. The second kappa shape index (κ2) is 7.49. The Morgan fingerprint density at radius 3 is 2.41 bits per heavy atom. The maximum Gasteiger partial charge on any atom is 0.340 e. The first-order chi connectivity index (χ1) is 13.0. The number of rotatable bonds is 6. The van der Waals surface area contributed by atoms with Gasteiger partial charge >= 0.3 is 11.7 Å². The molecule has 3 aromatic rings. The molecule has 0 saturated heterocycles. The van der Waals surface area contributed by atoms with E-state index in [1.807, 2.05) is 41.8 Å². The number of nitro benzene ring substituents is 1. The Balaban J connectivity index is 2.40. The second-order valence-corrected chi connectivity index (χ2v) is 6.01. The van der Waals surface area contributed by atoms with Gasteiger partial charge in [-0.05, 0) is 24.1 Å².